The van der Waals surface area contributed by atoms with Crippen molar-refractivity contribution in [1.29, 1.82) is 0 Å². The minimum absolute atomic E-state index is 0.105. The molecule has 0 amide bonds. The van der Waals surface area contributed by atoms with Gasteiger partial charge in [0.15, 0.2) is 0 Å². The van der Waals surface area contributed by atoms with Gasteiger partial charge >= 0.3 is 0 Å². The van der Waals surface area contributed by atoms with Crippen LogP contribution >= 0.6 is 0 Å². The van der Waals surface area contributed by atoms with Gasteiger partial charge < -0.3 is 15.8 Å². The first-order valence-corrected chi connectivity index (χ1v) is 6.16. The van der Waals surface area contributed by atoms with Crippen LogP contribution in [-0.4, -0.2) is 28.2 Å². The third-order valence-electron chi connectivity index (χ3n) is 2.87. The van der Waals surface area contributed by atoms with Crippen LogP contribution in [-0.2, 0) is 0 Å². The summed E-state index contributed by atoms with van der Waals surface area (Å²) in [5, 5.41) is 3.33. The molecular weight excluding hydrogens is 216 g/mol. The van der Waals surface area contributed by atoms with Crippen LogP contribution in [0.5, 0.6) is 5.88 Å². The maximum Gasteiger partial charge on any atom is 0.234 e. The average molecular weight is 236 g/mol. The van der Waals surface area contributed by atoms with Gasteiger partial charge in [0.25, 0.3) is 0 Å². The fraction of sp³-hybridized carbons (Fsp3) is 0.667. The predicted octanol–water partition coefficient (Wildman–Crippen LogP) is 1.56. The van der Waals surface area contributed by atoms with Gasteiger partial charge in [0.2, 0.25) is 5.88 Å². The number of nitrogens with two attached hydrogens (primary N) is 1. The molecule has 2 unspecified atom stereocenters. The molecule has 0 spiro atoms. The molecule has 5 heteroatoms. The molecule has 17 heavy (non-hydrogen) atoms. The molecule has 0 aromatic carbocycles. The zero-order chi connectivity index (χ0) is 12.3. The van der Waals surface area contributed by atoms with Crippen LogP contribution in [0.2, 0.25) is 0 Å². The van der Waals surface area contributed by atoms with Gasteiger partial charge in [-0.3, -0.25) is 4.98 Å². The molecule has 94 valence electrons. The molecule has 1 heterocycles. The van der Waals surface area contributed by atoms with Crippen molar-refractivity contribution in [1.82, 2.24) is 9.97 Å². The Balaban J connectivity index is 2.00. The zero-order valence-corrected chi connectivity index (χ0v) is 10.4. The maximum atomic E-state index is 6.00. The Kier molecular flexibility index (Phi) is 3.78. The minimum atomic E-state index is 0.105. The largest absolute Gasteiger partial charge is 0.474 e. The summed E-state index contributed by atoms with van der Waals surface area (Å²) < 4.78 is 5.50. The molecule has 1 aliphatic rings. The molecule has 0 radical (unpaired) electrons. The highest BCUT2D eigenvalue weighted by Gasteiger charge is 2.23. The number of anilines is 1. The third kappa shape index (κ3) is 3.30. The quantitative estimate of drug-likeness (QED) is 0.830. The van der Waals surface area contributed by atoms with Crippen molar-refractivity contribution >= 4 is 5.82 Å². The molecule has 1 aromatic rings. The molecule has 1 aromatic heterocycles. The molecule has 1 aliphatic carbocycles. The van der Waals surface area contributed by atoms with Crippen molar-refractivity contribution < 1.29 is 4.74 Å². The molecule has 0 aliphatic heterocycles. The van der Waals surface area contributed by atoms with Gasteiger partial charge in [0.1, 0.15) is 5.82 Å². The fourth-order valence-corrected chi connectivity index (χ4v) is 2.07. The topological polar surface area (TPSA) is 73.1 Å². The van der Waals surface area contributed by atoms with E-state index < -0.39 is 0 Å². The van der Waals surface area contributed by atoms with Crippen LogP contribution in [0, 0.1) is 0 Å². The Labute approximate surface area is 102 Å². The second-order valence-electron chi connectivity index (χ2n) is 4.75. The van der Waals surface area contributed by atoms with Gasteiger partial charge in [-0.2, -0.15) is 4.98 Å². The molecule has 1 saturated carbocycles. The number of aromatic nitrogens is 2. The smallest absolute Gasteiger partial charge is 0.234 e. The van der Waals surface area contributed by atoms with Gasteiger partial charge in [-0.1, -0.05) is 0 Å². The SMILES string of the molecule is CC(C)Oc1cncc(NC2CCCC2N)n1. The van der Waals surface area contributed by atoms with Crippen molar-refractivity contribution in [3.63, 3.8) is 0 Å². The average Bonchev–Trinajstić information content (AvgIpc) is 2.64. The summed E-state index contributed by atoms with van der Waals surface area (Å²) in [5.41, 5.74) is 6.00. The van der Waals surface area contributed by atoms with Crippen molar-refractivity contribution in [2.24, 2.45) is 5.73 Å². The number of rotatable bonds is 4. The summed E-state index contributed by atoms with van der Waals surface area (Å²) in [4.78, 5) is 8.47. The summed E-state index contributed by atoms with van der Waals surface area (Å²) in [6, 6.07) is 0.519. The minimum Gasteiger partial charge on any atom is -0.474 e. The lowest BCUT2D eigenvalue weighted by atomic mass is 10.2. The van der Waals surface area contributed by atoms with Crippen LogP contribution in [0.4, 0.5) is 5.82 Å². The number of hydrogen-bond donors (Lipinski definition) is 2. The molecule has 3 N–H and O–H groups in total. The monoisotopic (exact) mass is 236 g/mol. The molecule has 2 rings (SSSR count). The Morgan fingerprint density at radius 2 is 2.24 bits per heavy atom. The first-order chi connectivity index (χ1) is 8.15. The van der Waals surface area contributed by atoms with E-state index in [0.717, 1.165) is 18.7 Å². The number of ether oxygens (including phenoxy) is 1. The van der Waals surface area contributed by atoms with Crippen molar-refractivity contribution in [2.75, 3.05) is 5.32 Å². The standard InChI is InChI=1S/C12H20N4O/c1-8(2)17-12-7-14-6-11(16-12)15-10-5-3-4-9(10)13/h6-10H,3-5,13H2,1-2H3,(H,15,16). The molecule has 5 nitrogen and oxygen atoms in total. The molecule has 1 fully saturated rings. The van der Waals surface area contributed by atoms with E-state index in [0.29, 0.717) is 11.9 Å². The highest BCUT2D eigenvalue weighted by molar-refractivity contribution is 5.35. The predicted molar refractivity (Wildman–Crippen MR) is 67.0 cm³/mol. The van der Waals surface area contributed by atoms with Gasteiger partial charge in [-0.05, 0) is 33.1 Å². The maximum absolute atomic E-state index is 6.00. The van der Waals surface area contributed by atoms with Crippen molar-refractivity contribution in [2.45, 2.75) is 51.3 Å². The summed E-state index contributed by atoms with van der Waals surface area (Å²) in [5.74, 6) is 1.29. The lowest BCUT2D eigenvalue weighted by Gasteiger charge is -2.18. The first kappa shape index (κ1) is 12.1. The van der Waals surface area contributed by atoms with Gasteiger partial charge in [-0.15, -0.1) is 0 Å². The first-order valence-electron chi connectivity index (χ1n) is 6.16. The van der Waals surface area contributed by atoms with E-state index >= 15 is 0 Å². The number of hydrogen-bond acceptors (Lipinski definition) is 5. The second-order valence-corrected chi connectivity index (χ2v) is 4.75. The lowest BCUT2D eigenvalue weighted by molar-refractivity contribution is 0.232. The molecular formula is C12H20N4O. The molecule has 0 bridgehead atoms. The van der Waals surface area contributed by atoms with Crippen molar-refractivity contribution in [3.05, 3.63) is 12.4 Å². The van der Waals surface area contributed by atoms with E-state index in [4.69, 9.17) is 10.5 Å². The normalized spacial score (nSPS) is 24.0. The van der Waals surface area contributed by atoms with E-state index in [1.807, 2.05) is 13.8 Å². The number of nitrogens with zero attached hydrogens (tertiary/aromatic N) is 2. The van der Waals surface area contributed by atoms with Crippen LogP contribution in [0.15, 0.2) is 12.4 Å². The van der Waals surface area contributed by atoms with E-state index in [1.54, 1.807) is 12.4 Å². The Bertz CT molecular complexity index is 369. The summed E-state index contributed by atoms with van der Waals surface area (Å²) in [6.45, 7) is 3.93. The van der Waals surface area contributed by atoms with E-state index in [9.17, 15) is 0 Å². The lowest BCUT2D eigenvalue weighted by Crippen LogP contribution is -2.35. The van der Waals surface area contributed by atoms with Crippen LogP contribution in [0.25, 0.3) is 0 Å². The van der Waals surface area contributed by atoms with E-state index in [2.05, 4.69) is 15.3 Å². The van der Waals surface area contributed by atoms with Crippen LogP contribution < -0.4 is 15.8 Å². The Morgan fingerprint density at radius 3 is 2.88 bits per heavy atom. The van der Waals surface area contributed by atoms with Crippen LogP contribution in [0.1, 0.15) is 33.1 Å². The molecule has 0 saturated heterocycles. The fourth-order valence-electron chi connectivity index (χ4n) is 2.07. The van der Waals surface area contributed by atoms with Gasteiger partial charge in [-0.25, -0.2) is 0 Å². The third-order valence-corrected chi connectivity index (χ3v) is 2.87. The number of nitrogens with one attached hydrogen (secondary N) is 1. The molecule has 2 atom stereocenters. The van der Waals surface area contributed by atoms with E-state index in [1.165, 1.54) is 6.42 Å². The van der Waals surface area contributed by atoms with Gasteiger partial charge in [0.05, 0.1) is 18.5 Å². The van der Waals surface area contributed by atoms with Gasteiger partial charge in [0, 0.05) is 12.1 Å². The highest BCUT2D eigenvalue weighted by atomic mass is 16.5. The van der Waals surface area contributed by atoms with E-state index in [-0.39, 0.29) is 12.1 Å². The summed E-state index contributed by atoms with van der Waals surface area (Å²) >= 11 is 0. The summed E-state index contributed by atoms with van der Waals surface area (Å²) in [6.07, 6.45) is 6.78. The van der Waals surface area contributed by atoms with Crippen molar-refractivity contribution in [3.8, 4) is 5.88 Å². The Morgan fingerprint density at radius 1 is 1.41 bits per heavy atom. The van der Waals surface area contributed by atoms with Crippen LogP contribution in [0.3, 0.4) is 0 Å². The second kappa shape index (κ2) is 5.31. The Hall–Kier alpha value is -1.36. The zero-order valence-electron chi connectivity index (χ0n) is 10.4. The summed E-state index contributed by atoms with van der Waals surface area (Å²) in [7, 11) is 0. The highest BCUT2D eigenvalue weighted by Crippen LogP contribution is 2.21.